The molecule has 0 aliphatic carbocycles. The number of nitrogens with zero attached hydrogens (tertiary/aromatic N) is 3. The summed E-state index contributed by atoms with van der Waals surface area (Å²) in [5, 5.41) is 2.90. The lowest BCUT2D eigenvalue weighted by Gasteiger charge is -2.19. The van der Waals surface area contributed by atoms with Gasteiger partial charge in [0.2, 0.25) is 0 Å². The lowest BCUT2D eigenvalue weighted by Crippen LogP contribution is -2.33. The van der Waals surface area contributed by atoms with E-state index in [1.807, 2.05) is 27.8 Å². The van der Waals surface area contributed by atoms with E-state index in [2.05, 4.69) is 15.2 Å². The average molecular weight is 376 g/mol. The number of carbonyl (C=O) groups excluding carboxylic acids is 1. The van der Waals surface area contributed by atoms with Gasteiger partial charge in [0.15, 0.2) is 5.69 Å². The zero-order valence-corrected chi connectivity index (χ0v) is 16.3. The second-order valence-corrected chi connectivity index (χ2v) is 8.31. The highest BCUT2D eigenvalue weighted by atomic mass is 19.1. The van der Waals surface area contributed by atoms with Crippen LogP contribution in [0.25, 0.3) is 11.4 Å². The van der Waals surface area contributed by atoms with Crippen molar-refractivity contribution in [3.63, 3.8) is 0 Å². The van der Waals surface area contributed by atoms with Crippen LogP contribution in [0.3, 0.4) is 0 Å². The van der Waals surface area contributed by atoms with Crippen LogP contribution in [0.15, 0.2) is 18.2 Å². The molecular formula is C20H26F2N4O. The summed E-state index contributed by atoms with van der Waals surface area (Å²) in [4.78, 5) is 19.3. The molecule has 0 saturated carbocycles. The number of halogens is 2. The van der Waals surface area contributed by atoms with Crippen LogP contribution in [0, 0.1) is 17.0 Å². The molecule has 146 valence electrons. The number of amides is 1. The third-order valence-electron chi connectivity index (χ3n) is 4.59. The van der Waals surface area contributed by atoms with Gasteiger partial charge in [-0.2, -0.15) is 0 Å². The summed E-state index contributed by atoms with van der Waals surface area (Å²) in [6, 6.07) is 3.75. The maximum Gasteiger partial charge on any atom is 0.271 e. The molecule has 1 N–H and O–H groups in total. The fourth-order valence-electron chi connectivity index (χ4n) is 3.23. The van der Waals surface area contributed by atoms with E-state index in [9.17, 15) is 13.6 Å². The smallest absolute Gasteiger partial charge is 0.271 e. The van der Waals surface area contributed by atoms with Crippen molar-refractivity contribution in [1.82, 2.24) is 19.8 Å². The summed E-state index contributed by atoms with van der Waals surface area (Å²) in [6.07, 6.45) is 0.811. The second kappa shape index (κ2) is 7.38. The molecule has 27 heavy (non-hydrogen) atoms. The molecule has 1 aromatic heterocycles. The highest BCUT2D eigenvalue weighted by molar-refractivity contribution is 5.94. The van der Waals surface area contributed by atoms with Gasteiger partial charge in [-0.15, -0.1) is 0 Å². The summed E-state index contributed by atoms with van der Waals surface area (Å²) >= 11 is 0. The molecule has 0 radical (unpaired) electrons. The van der Waals surface area contributed by atoms with Crippen molar-refractivity contribution in [2.24, 2.45) is 5.41 Å². The van der Waals surface area contributed by atoms with Gasteiger partial charge in [-0.25, -0.2) is 13.8 Å². The number of carbonyl (C=O) groups is 1. The van der Waals surface area contributed by atoms with E-state index in [-0.39, 0.29) is 28.4 Å². The lowest BCUT2D eigenvalue weighted by molar-refractivity contribution is 0.0933. The highest BCUT2D eigenvalue weighted by Gasteiger charge is 2.28. The van der Waals surface area contributed by atoms with Gasteiger partial charge in [-0.05, 0) is 37.6 Å². The Labute approximate surface area is 158 Å². The standard InChI is InChI=1S/C20H26F2N4O/c1-20(2,3)12-23-19(27)17-15-11-25(4)9-6-10-26(15)18(24-17)16-13(21)7-5-8-14(16)22/h5,7-8H,6,9-12H2,1-4H3,(H,23,27). The number of benzene rings is 1. The van der Waals surface area contributed by atoms with Crippen molar-refractivity contribution >= 4 is 5.91 Å². The molecule has 7 heteroatoms. The van der Waals surface area contributed by atoms with Crippen LogP contribution in [-0.4, -0.2) is 40.5 Å². The zero-order valence-electron chi connectivity index (χ0n) is 16.3. The average Bonchev–Trinajstić information content (AvgIpc) is 2.78. The van der Waals surface area contributed by atoms with E-state index >= 15 is 0 Å². The fourth-order valence-corrected chi connectivity index (χ4v) is 3.23. The Bertz CT molecular complexity index is 834. The molecule has 0 atom stereocenters. The molecule has 1 aromatic carbocycles. The minimum atomic E-state index is -0.679. The first kappa shape index (κ1) is 19.5. The summed E-state index contributed by atoms with van der Waals surface area (Å²) in [6.45, 7) is 8.45. The molecule has 0 spiro atoms. The minimum absolute atomic E-state index is 0.0797. The Morgan fingerprint density at radius 2 is 1.89 bits per heavy atom. The normalized spacial score (nSPS) is 15.3. The van der Waals surface area contributed by atoms with E-state index in [1.165, 1.54) is 18.2 Å². The van der Waals surface area contributed by atoms with E-state index in [4.69, 9.17) is 0 Å². The highest BCUT2D eigenvalue weighted by Crippen LogP contribution is 2.30. The third-order valence-corrected chi connectivity index (χ3v) is 4.59. The van der Waals surface area contributed by atoms with Crippen molar-refractivity contribution in [3.8, 4) is 11.4 Å². The summed E-state index contributed by atoms with van der Waals surface area (Å²) in [5.41, 5.74) is 0.673. The van der Waals surface area contributed by atoms with Crippen molar-refractivity contribution in [3.05, 3.63) is 41.2 Å². The first-order valence-corrected chi connectivity index (χ1v) is 9.18. The molecule has 0 unspecified atom stereocenters. The zero-order chi connectivity index (χ0) is 19.8. The molecule has 3 rings (SSSR count). The van der Waals surface area contributed by atoms with Crippen LogP contribution in [0.2, 0.25) is 0 Å². The van der Waals surface area contributed by atoms with E-state index in [0.29, 0.717) is 25.3 Å². The molecule has 1 amide bonds. The maximum absolute atomic E-state index is 14.4. The van der Waals surface area contributed by atoms with Gasteiger partial charge in [0.05, 0.1) is 11.3 Å². The Morgan fingerprint density at radius 1 is 1.22 bits per heavy atom. The fraction of sp³-hybridized carbons (Fsp3) is 0.500. The van der Waals surface area contributed by atoms with Crippen LogP contribution in [0.4, 0.5) is 8.78 Å². The largest absolute Gasteiger partial charge is 0.350 e. The van der Waals surface area contributed by atoms with Gasteiger partial charge < -0.3 is 14.8 Å². The van der Waals surface area contributed by atoms with Crippen LogP contribution in [0.1, 0.15) is 43.4 Å². The van der Waals surface area contributed by atoms with E-state index < -0.39 is 11.6 Å². The first-order valence-electron chi connectivity index (χ1n) is 9.18. The van der Waals surface area contributed by atoms with Crippen molar-refractivity contribution in [2.45, 2.75) is 40.3 Å². The minimum Gasteiger partial charge on any atom is -0.350 e. The number of rotatable bonds is 3. The molecule has 0 fully saturated rings. The topological polar surface area (TPSA) is 50.2 Å². The summed E-state index contributed by atoms with van der Waals surface area (Å²) in [5.74, 6) is -1.49. The predicted molar refractivity (Wildman–Crippen MR) is 100 cm³/mol. The molecule has 0 saturated heterocycles. The number of hydrogen-bond acceptors (Lipinski definition) is 3. The summed E-state index contributed by atoms with van der Waals surface area (Å²) < 4.78 is 30.6. The first-order chi connectivity index (χ1) is 12.7. The molecule has 2 heterocycles. The molecule has 0 bridgehead atoms. The molecule has 2 aromatic rings. The van der Waals surface area contributed by atoms with E-state index in [0.717, 1.165) is 13.0 Å². The number of nitrogens with one attached hydrogen (secondary N) is 1. The van der Waals surface area contributed by atoms with Gasteiger partial charge in [0.1, 0.15) is 17.5 Å². The molecule has 1 aliphatic heterocycles. The SMILES string of the molecule is CN1CCCn2c(-c3c(F)cccc3F)nc(C(=O)NCC(C)(C)C)c2C1. The van der Waals surface area contributed by atoms with Crippen molar-refractivity contribution < 1.29 is 13.6 Å². The number of fused-ring (bicyclic) bond motifs is 1. The van der Waals surface area contributed by atoms with Gasteiger partial charge >= 0.3 is 0 Å². The van der Waals surface area contributed by atoms with Crippen LogP contribution in [-0.2, 0) is 13.1 Å². The molecular weight excluding hydrogens is 350 g/mol. The van der Waals surface area contributed by atoms with Gasteiger partial charge in [-0.3, -0.25) is 4.79 Å². The maximum atomic E-state index is 14.4. The van der Waals surface area contributed by atoms with Gasteiger partial charge in [0, 0.05) is 19.6 Å². The van der Waals surface area contributed by atoms with Crippen molar-refractivity contribution in [2.75, 3.05) is 20.1 Å². The second-order valence-electron chi connectivity index (χ2n) is 8.31. The number of hydrogen-bond donors (Lipinski definition) is 1. The van der Waals surface area contributed by atoms with E-state index in [1.54, 1.807) is 4.57 Å². The number of imidazole rings is 1. The quantitative estimate of drug-likeness (QED) is 0.893. The predicted octanol–water partition coefficient (Wildman–Crippen LogP) is 3.44. The van der Waals surface area contributed by atoms with Gasteiger partial charge in [0.25, 0.3) is 5.91 Å². The van der Waals surface area contributed by atoms with Crippen LogP contribution < -0.4 is 5.32 Å². The number of aromatic nitrogens is 2. The Balaban J connectivity index is 2.09. The Kier molecular flexibility index (Phi) is 5.33. The van der Waals surface area contributed by atoms with Crippen molar-refractivity contribution in [1.29, 1.82) is 0 Å². The van der Waals surface area contributed by atoms with Gasteiger partial charge in [-0.1, -0.05) is 26.8 Å². The van der Waals surface area contributed by atoms with Crippen LogP contribution >= 0.6 is 0 Å². The summed E-state index contributed by atoms with van der Waals surface area (Å²) in [7, 11) is 1.96. The molecule has 5 nitrogen and oxygen atoms in total. The monoisotopic (exact) mass is 376 g/mol. The van der Waals surface area contributed by atoms with Crippen LogP contribution in [0.5, 0.6) is 0 Å². The Morgan fingerprint density at radius 3 is 2.52 bits per heavy atom. The Hall–Kier alpha value is -2.28. The third kappa shape index (κ3) is 4.18. The lowest BCUT2D eigenvalue weighted by atomic mass is 9.97. The molecule has 1 aliphatic rings.